The Kier molecular flexibility index (Phi) is 11.2. The molecule has 2 N–H and O–H groups in total. The van der Waals surface area contributed by atoms with Crippen LogP contribution in [0.15, 0.2) is 84.9 Å². The van der Waals surface area contributed by atoms with Crippen molar-refractivity contribution in [3.8, 4) is 11.5 Å². The molecule has 2 amide bonds. The molecule has 10 heteroatoms. The fraction of sp³-hybridized carbons (Fsp3) is 0.412. The Morgan fingerprint density at radius 2 is 0.886 bits per heavy atom. The maximum Gasteiger partial charge on any atom is 0.253 e. The summed E-state index contributed by atoms with van der Waals surface area (Å²) in [5, 5.41) is 21.0. The number of benzene rings is 3. The van der Waals surface area contributed by atoms with E-state index >= 15 is 0 Å². The highest BCUT2D eigenvalue weighted by Gasteiger charge is 2.25. The van der Waals surface area contributed by atoms with Crippen LogP contribution in [0.4, 0.5) is 0 Å². The van der Waals surface area contributed by atoms with Crippen LogP contribution in [0.5, 0.6) is 11.5 Å². The van der Waals surface area contributed by atoms with E-state index < -0.39 is 12.2 Å². The Morgan fingerprint density at radius 1 is 0.545 bits per heavy atom. The third-order valence-corrected chi connectivity index (χ3v) is 8.01. The van der Waals surface area contributed by atoms with Crippen LogP contribution in [0.2, 0.25) is 0 Å². The molecule has 2 saturated heterocycles. The average Bonchev–Trinajstić information content (AvgIpc) is 3.08. The van der Waals surface area contributed by atoms with Gasteiger partial charge in [-0.3, -0.25) is 19.4 Å². The Hall–Kier alpha value is -3.96. The molecule has 2 unspecified atom stereocenters. The van der Waals surface area contributed by atoms with Gasteiger partial charge in [0, 0.05) is 76.6 Å². The molecule has 2 aliphatic rings. The predicted molar refractivity (Wildman–Crippen MR) is 167 cm³/mol. The minimum absolute atomic E-state index is 0.0445. The number of amides is 2. The molecule has 2 fully saturated rings. The lowest BCUT2D eigenvalue weighted by Crippen LogP contribution is -2.51. The lowest BCUT2D eigenvalue weighted by molar-refractivity contribution is 0.0393. The summed E-state index contributed by atoms with van der Waals surface area (Å²) in [6.07, 6.45) is -1.31. The monoisotopic (exact) mass is 602 g/mol. The standard InChI is InChI=1S/C34H42N4O6/c39-29(23-35-15-19-37(20-16-35)33(41)27-7-3-1-4-8-27)25-43-31-11-13-32(14-12-31)44-26-30(40)24-36-17-21-38(22-18-36)34(42)28-9-5-2-6-10-28/h1-14,29-30,39-40H,15-26H2. The van der Waals surface area contributed by atoms with E-state index in [1.165, 1.54) is 0 Å². The van der Waals surface area contributed by atoms with Gasteiger partial charge in [0.25, 0.3) is 11.8 Å². The Labute approximate surface area is 259 Å². The zero-order valence-corrected chi connectivity index (χ0v) is 25.0. The van der Waals surface area contributed by atoms with Crippen LogP contribution in [0, 0.1) is 0 Å². The summed E-state index contributed by atoms with van der Waals surface area (Å²) in [4.78, 5) is 33.3. The number of rotatable bonds is 12. The number of carbonyl (C=O) groups is 2. The Morgan fingerprint density at radius 3 is 1.23 bits per heavy atom. The molecule has 3 aromatic rings. The summed E-state index contributed by atoms with van der Waals surface area (Å²) in [5.74, 6) is 1.34. The molecular formula is C34H42N4O6. The van der Waals surface area contributed by atoms with E-state index in [9.17, 15) is 19.8 Å². The van der Waals surface area contributed by atoms with Gasteiger partial charge in [0.2, 0.25) is 0 Å². The molecule has 0 saturated carbocycles. The zero-order valence-electron chi connectivity index (χ0n) is 25.0. The highest BCUT2D eigenvalue weighted by molar-refractivity contribution is 5.94. The van der Waals surface area contributed by atoms with Crippen molar-refractivity contribution in [2.75, 3.05) is 78.7 Å². The third kappa shape index (κ3) is 9.03. The first-order chi connectivity index (χ1) is 21.4. The molecule has 2 aliphatic heterocycles. The van der Waals surface area contributed by atoms with E-state index in [4.69, 9.17) is 9.47 Å². The summed E-state index contributed by atoms with van der Waals surface area (Å²) in [5.41, 5.74) is 1.40. The molecule has 44 heavy (non-hydrogen) atoms. The quantitative estimate of drug-likeness (QED) is 0.325. The topological polar surface area (TPSA) is 106 Å². The number of aliphatic hydroxyl groups excluding tert-OH is 2. The van der Waals surface area contributed by atoms with E-state index in [1.807, 2.05) is 70.5 Å². The van der Waals surface area contributed by atoms with Gasteiger partial charge in [-0.1, -0.05) is 36.4 Å². The number of hydrogen-bond donors (Lipinski definition) is 2. The number of β-amino-alcohol motifs (C(OH)–C–C–N with tert-alkyl or cyclic N) is 2. The van der Waals surface area contributed by atoms with Crippen LogP contribution in [-0.2, 0) is 0 Å². The SMILES string of the molecule is O=C(c1ccccc1)N1CCN(CC(O)COc2ccc(OCC(O)CN3CCN(C(=O)c4ccccc4)CC3)cc2)CC1. The molecule has 0 spiro atoms. The second-order valence-corrected chi connectivity index (χ2v) is 11.3. The van der Waals surface area contributed by atoms with E-state index in [1.54, 1.807) is 24.3 Å². The molecule has 5 rings (SSSR count). The molecular weight excluding hydrogens is 560 g/mol. The maximum atomic E-state index is 12.6. The van der Waals surface area contributed by atoms with Gasteiger partial charge in [0.05, 0.1) is 0 Å². The van der Waals surface area contributed by atoms with Crippen LogP contribution >= 0.6 is 0 Å². The fourth-order valence-electron chi connectivity index (χ4n) is 5.51. The highest BCUT2D eigenvalue weighted by atomic mass is 16.5. The lowest BCUT2D eigenvalue weighted by Gasteiger charge is -2.35. The molecule has 0 bridgehead atoms. The second kappa shape index (κ2) is 15.7. The minimum atomic E-state index is -0.657. The van der Waals surface area contributed by atoms with Crippen molar-refractivity contribution >= 4 is 11.8 Å². The van der Waals surface area contributed by atoms with Crippen molar-refractivity contribution in [2.24, 2.45) is 0 Å². The summed E-state index contributed by atoms with van der Waals surface area (Å²) in [7, 11) is 0. The van der Waals surface area contributed by atoms with Crippen molar-refractivity contribution in [1.82, 2.24) is 19.6 Å². The van der Waals surface area contributed by atoms with E-state index in [0.717, 1.165) is 0 Å². The normalized spacial score (nSPS) is 17.6. The van der Waals surface area contributed by atoms with Gasteiger partial charge in [-0.25, -0.2) is 0 Å². The van der Waals surface area contributed by atoms with E-state index in [0.29, 0.717) is 88.1 Å². The van der Waals surface area contributed by atoms with Gasteiger partial charge in [-0.2, -0.15) is 0 Å². The molecule has 2 heterocycles. The minimum Gasteiger partial charge on any atom is -0.491 e. The number of piperazine rings is 2. The van der Waals surface area contributed by atoms with Crippen molar-refractivity contribution in [3.05, 3.63) is 96.1 Å². The molecule has 10 nitrogen and oxygen atoms in total. The molecule has 0 radical (unpaired) electrons. The van der Waals surface area contributed by atoms with Crippen molar-refractivity contribution < 1.29 is 29.3 Å². The number of nitrogens with zero attached hydrogens (tertiary/aromatic N) is 4. The third-order valence-electron chi connectivity index (χ3n) is 8.01. The summed E-state index contributed by atoms with van der Waals surface area (Å²) >= 11 is 0. The second-order valence-electron chi connectivity index (χ2n) is 11.3. The molecule has 234 valence electrons. The summed E-state index contributed by atoms with van der Waals surface area (Å²) < 4.78 is 11.6. The molecule has 0 aromatic heterocycles. The van der Waals surface area contributed by atoms with Crippen molar-refractivity contribution in [1.29, 1.82) is 0 Å². The smallest absolute Gasteiger partial charge is 0.253 e. The predicted octanol–water partition coefficient (Wildman–Crippen LogP) is 2.08. The number of aliphatic hydroxyl groups is 2. The van der Waals surface area contributed by atoms with Crippen molar-refractivity contribution in [2.45, 2.75) is 12.2 Å². The first kappa shape index (κ1) is 31.5. The lowest BCUT2D eigenvalue weighted by atomic mass is 10.2. The van der Waals surface area contributed by atoms with Crippen LogP contribution in [0.25, 0.3) is 0 Å². The summed E-state index contributed by atoms with van der Waals surface area (Å²) in [6.45, 7) is 6.61. The first-order valence-electron chi connectivity index (χ1n) is 15.3. The summed E-state index contributed by atoms with van der Waals surface area (Å²) in [6, 6.07) is 25.7. The van der Waals surface area contributed by atoms with E-state index in [2.05, 4.69) is 9.80 Å². The number of ether oxygens (including phenoxy) is 2. The van der Waals surface area contributed by atoms with Crippen LogP contribution in [-0.4, -0.2) is 132 Å². The van der Waals surface area contributed by atoms with Crippen LogP contribution in [0.1, 0.15) is 20.7 Å². The van der Waals surface area contributed by atoms with Gasteiger partial charge in [-0.05, 0) is 48.5 Å². The van der Waals surface area contributed by atoms with E-state index in [-0.39, 0.29) is 25.0 Å². The van der Waals surface area contributed by atoms with Gasteiger partial charge >= 0.3 is 0 Å². The first-order valence-corrected chi connectivity index (χ1v) is 15.3. The number of carbonyl (C=O) groups excluding carboxylic acids is 2. The Balaban J connectivity index is 0.948. The zero-order chi connectivity index (χ0) is 30.7. The molecule has 2 atom stereocenters. The van der Waals surface area contributed by atoms with Gasteiger partial charge in [-0.15, -0.1) is 0 Å². The van der Waals surface area contributed by atoms with Crippen molar-refractivity contribution in [3.63, 3.8) is 0 Å². The Bertz CT molecular complexity index is 1210. The maximum absolute atomic E-state index is 12.6. The highest BCUT2D eigenvalue weighted by Crippen LogP contribution is 2.19. The molecule has 0 aliphatic carbocycles. The van der Waals surface area contributed by atoms with Crippen LogP contribution < -0.4 is 9.47 Å². The largest absolute Gasteiger partial charge is 0.491 e. The average molecular weight is 603 g/mol. The van der Waals surface area contributed by atoms with Gasteiger partial charge in [0.15, 0.2) is 0 Å². The van der Waals surface area contributed by atoms with Gasteiger partial charge in [0.1, 0.15) is 36.9 Å². The fourth-order valence-corrected chi connectivity index (χ4v) is 5.51. The number of hydrogen-bond acceptors (Lipinski definition) is 8. The van der Waals surface area contributed by atoms with Crippen LogP contribution in [0.3, 0.4) is 0 Å². The van der Waals surface area contributed by atoms with Gasteiger partial charge < -0.3 is 29.5 Å². The molecule has 3 aromatic carbocycles.